The minimum atomic E-state index is -1.06. The fourth-order valence-electron chi connectivity index (χ4n) is 3.16. The largest absolute Gasteiger partial charge is 0.480 e. The third-order valence-corrected chi connectivity index (χ3v) is 4.83. The van der Waals surface area contributed by atoms with Gasteiger partial charge in [0.1, 0.15) is 12.1 Å². The highest BCUT2D eigenvalue weighted by Gasteiger charge is 2.39. The molecule has 26 heavy (non-hydrogen) atoms. The highest BCUT2D eigenvalue weighted by atomic mass is 16.5. The van der Waals surface area contributed by atoms with Gasteiger partial charge in [-0.05, 0) is 28.2 Å². The third kappa shape index (κ3) is 4.12. The van der Waals surface area contributed by atoms with E-state index in [-0.39, 0.29) is 0 Å². The Labute approximate surface area is 153 Å². The molecule has 0 aliphatic carbocycles. The molecule has 1 aliphatic rings. The first-order valence-electron chi connectivity index (χ1n) is 8.91. The molecule has 1 aliphatic heterocycles. The number of aliphatic carboxylic acids is 1. The Morgan fingerprint density at radius 1 is 1.19 bits per heavy atom. The Bertz CT molecular complexity index is 757. The molecule has 0 bridgehead atoms. The summed E-state index contributed by atoms with van der Waals surface area (Å²) >= 11 is 0. The molecule has 1 fully saturated rings. The molecule has 0 saturated carbocycles. The van der Waals surface area contributed by atoms with Gasteiger partial charge in [0, 0.05) is 6.54 Å². The first-order chi connectivity index (χ1) is 12.5. The maximum absolute atomic E-state index is 11.0. The van der Waals surface area contributed by atoms with Gasteiger partial charge in [-0.15, -0.1) is 0 Å². The van der Waals surface area contributed by atoms with Crippen LogP contribution in [-0.4, -0.2) is 41.0 Å². The number of carboxylic acids is 1. The van der Waals surface area contributed by atoms with Crippen LogP contribution in [0.15, 0.2) is 48.5 Å². The van der Waals surface area contributed by atoms with E-state index in [2.05, 4.69) is 55.6 Å². The standard InChI is InChI=1S/C21H25NO4/c1-13(2)16-4-3-5-17(10-16)15-8-6-14(7-9-15)12-26-18-11-22-19(20(18)23)21(24)25/h3-10,13,18-20,22-23H,11-12H2,1-2H3,(H,24,25)/t18-,19+,20+/m0/s1. The van der Waals surface area contributed by atoms with Crippen LogP contribution in [0.3, 0.4) is 0 Å². The average Bonchev–Trinajstić information content (AvgIpc) is 3.01. The van der Waals surface area contributed by atoms with Gasteiger partial charge in [-0.3, -0.25) is 10.1 Å². The van der Waals surface area contributed by atoms with Crippen LogP contribution in [0.4, 0.5) is 0 Å². The first kappa shape index (κ1) is 18.6. The fourth-order valence-corrected chi connectivity index (χ4v) is 3.16. The number of aliphatic hydroxyl groups is 1. The number of aliphatic hydroxyl groups excluding tert-OH is 1. The fraction of sp³-hybridized carbons (Fsp3) is 0.381. The van der Waals surface area contributed by atoms with Crippen LogP contribution < -0.4 is 5.32 Å². The second kappa shape index (κ2) is 7.99. The van der Waals surface area contributed by atoms with E-state index in [9.17, 15) is 9.90 Å². The van der Waals surface area contributed by atoms with E-state index in [4.69, 9.17) is 9.84 Å². The molecule has 2 aromatic rings. The number of rotatable bonds is 6. The van der Waals surface area contributed by atoms with E-state index in [0.29, 0.717) is 19.1 Å². The summed E-state index contributed by atoms with van der Waals surface area (Å²) in [6.07, 6.45) is -1.55. The zero-order valence-electron chi connectivity index (χ0n) is 15.1. The summed E-state index contributed by atoms with van der Waals surface area (Å²) in [5, 5.41) is 21.8. The van der Waals surface area contributed by atoms with Crippen molar-refractivity contribution in [3.05, 3.63) is 59.7 Å². The van der Waals surface area contributed by atoms with Crippen LogP contribution in [0, 0.1) is 0 Å². The van der Waals surface area contributed by atoms with Crippen molar-refractivity contribution in [3.8, 4) is 11.1 Å². The molecule has 5 nitrogen and oxygen atoms in total. The Morgan fingerprint density at radius 2 is 1.92 bits per heavy atom. The Hall–Kier alpha value is -2.21. The summed E-state index contributed by atoms with van der Waals surface area (Å²) in [6.45, 7) is 5.03. The molecule has 0 aromatic heterocycles. The molecule has 0 spiro atoms. The molecular formula is C21H25NO4. The van der Waals surface area contributed by atoms with E-state index in [1.807, 2.05) is 12.1 Å². The Morgan fingerprint density at radius 3 is 2.54 bits per heavy atom. The quantitative estimate of drug-likeness (QED) is 0.743. The lowest BCUT2D eigenvalue weighted by molar-refractivity contribution is -0.142. The summed E-state index contributed by atoms with van der Waals surface area (Å²) in [6, 6.07) is 15.7. The van der Waals surface area contributed by atoms with Gasteiger partial charge < -0.3 is 14.9 Å². The van der Waals surface area contributed by atoms with Gasteiger partial charge in [-0.1, -0.05) is 62.4 Å². The molecule has 5 heteroatoms. The van der Waals surface area contributed by atoms with E-state index in [0.717, 1.165) is 11.1 Å². The Balaban J connectivity index is 1.62. The van der Waals surface area contributed by atoms with Crippen molar-refractivity contribution in [1.29, 1.82) is 0 Å². The number of carboxylic acid groups (broad SMARTS) is 1. The molecule has 1 saturated heterocycles. The van der Waals surface area contributed by atoms with E-state index in [1.165, 1.54) is 11.1 Å². The summed E-state index contributed by atoms with van der Waals surface area (Å²) in [7, 11) is 0. The van der Waals surface area contributed by atoms with Crippen LogP contribution >= 0.6 is 0 Å². The zero-order valence-corrected chi connectivity index (χ0v) is 15.1. The summed E-state index contributed by atoms with van der Waals surface area (Å²) in [5.74, 6) is -0.569. The molecule has 0 unspecified atom stereocenters. The number of carbonyl (C=O) groups is 1. The lowest BCUT2D eigenvalue weighted by Gasteiger charge is -2.17. The van der Waals surface area contributed by atoms with Gasteiger partial charge >= 0.3 is 5.97 Å². The second-order valence-electron chi connectivity index (χ2n) is 7.04. The van der Waals surface area contributed by atoms with Gasteiger partial charge in [-0.2, -0.15) is 0 Å². The number of benzene rings is 2. The van der Waals surface area contributed by atoms with Crippen LogP contribution in [0.2, 0.25) is 0 Å². The maximum Gasteiger partial charge on any atom is 0.323 e. The van der Waals surface area contributed by atoms with Crippen LogP contribution in [0.5, 0.6) is 0 Å². The molecule has 3 N–H and O–H groups in total. The van der Waals surface area contributed by atoms with Gasteiger partial charge in [0.2, 0.25) is 0 Å². The normalized spacial score (nSPS) is 22.7. The van der Waals surface area contributed by atoms with Crippen LogP contribution in [0.1, 0.15) is 30.9 Å². The maximum atomic E-state index is 11.0. The number of ether oxygens (including phenoxy) is 1. The van der Waals surface area contributed by atoms with E-state index in [1.54, 1.807) is 0 Å². The van der Waals surface area contributed by atoms with E-state index < -0.39 is 24.2 Å². The topological polar surface area (TPSA) is 78.8 Å². The number of nitrogens with one attached hydrogen (secondary N) is 1. The van der Waals surface area contributed by atoms with Crippen molar-refractivity contribution in [2.24, 2.45) is 0 Å². The highest BCUT2D eigenvalue weighted by molar-refractivity contribution is 5.75. The minimum Gasteiger partial charge on any atom is -0.480 e. The van der Waals surface area contributed by atoms with Crippen LogP contribution in [-0.2, 0) is 16.1 Å². The third-order valence-electron chi connectivity index (χ3n) is 4.83. The predicted octanol–water partition coefficient (Wildman–Crippen LogP) is 2.78. The van der Waals surface area contributed by atoms with Crippen molar-refractivity contribution < 1.29 is 19.7 Å². The molecule has 0 amide bonds. The first-order valence-corrected chi connectivity index (χ1v) is 8.91. The highest BCUT2D eigenvalue weighted by Crippen LogP contribution is 2.24. The zero-order chi connectivity index (χ0) is 18.7. The summed E-state index contributed by atoms with van der Waals surface area (Å²) in [4.78, 5) is 11.0. The lowest BCUT2D eigenvalue weighted by Crippen LogP contribution is -2.40. The average molecular weight is 355 g/mol. The number of hydrogen-bond acceptors (Lipinski definition) is 4. The molecule has 3 atom stereocenters. The van der Waals surface area contributed by atoms with Crippen molar-refractivity contribution in [1.82, 2.24) is 5.32 Å². The van der Waals surface area contributed by atoms with Crippen molar-refractivity contribution in [2.45, 2.75) is 44.6 Å². The summed E-state index contributed by atoms with van der Waals surface area (Å²) in [5.41, 5.74) is 4.62. The van der Waals surface area contributed by atoms with Crippen molar-refractivity contribution >= 4 is 5.97 Å². The van der Waals surface area contributed by atoms with Crippen molar-refractivity contribution in [2.75, 3.05) is 6.54 Å². The molecule has 3 rings (SSSR count). The minimum absolute atomic E-state index is 0.332. The van der Waals surface area contributed by atoms with Gasteiger partial charge in [0.15, 0.2) is 0 Å². The molecule has 2 aromatic carbocycles. The number of hydrogen-bond donors (Lipinski definition) is 3. The molecule has 0 radical (unpaired) electrons. The van der Waals surface area contributed by atoms with Gasteiger partial charge in [0.05, 0.1) is 12.7 Å². The molecule has 1 heterocycles. The van der Waals surface area contributed by atoms with Crippen molar-refractivity contribution in [3.63, 3.8) is 0 Å². The summed E-state index contributed by atoms with van der Waals surface area (Å²) < 4.78 is 5.70. The predicted molar refractivity (Wildman–Crippen MR) is 100.0 cm³/mol. The molecule has 138 valence electrons. The lowest BCUT2D eigenvalue weighted by atomic mass is 9.97. The second-order valence-corrected chi connectivity index (χ2v) is 7.04. The SMILES string of the molecule is CC(C)c1cccc(-c2ccc(CO[C@H]3CN[C@@H](C(=O)O)[C@@H]3O)cc2)c1. The van der Waals surface area contributed by atoms with E-state index >= 15 is 0 Å². The smallest absolute Gasteiger partial charge is 0.323 e. The Kier molecular flexibility index (Phi) is 5.71. The molecular weight excluding hydrogens is 330 g/mol. The monoisotopic (exact) mass is 355 g/mol. The van der Waals surface area contributed by atoms with Gasteiger partial charge in [-0.25, -0.2) is 0 Å². The van der Waals surface area contributed by atoms with Gasteiger partial charge in [0.25, 0.3) is 0 Å². The van der Waals surface area contributed by atoms with Crippen LogP contribution in [0.25, 0.3) is 11.1 Å².